The first kappa shape index (κ1) is 75.0. The molecule has 0 aliphatic heterocycles. The highest BCUT2D eigenvalue weighted by molar-refractivity contribution is 5.71. The fraction of sp³-hybridized carbons (Fsp3) is 0.608. The van der Waals surface area contributed by atoms with Crippen LogP contribution in [0.5, 0.6) is 0 Å². The molecular weight excluding hydrogens is 985 g/mol. The molecule has 0 fully saturated rings. The highest BCUT2D eigenvalue weighted by Gasteiger charge is 2.19. The van der Waals surface area contributed by atoms with E-state index in [4.69, 9.17) is 14.2 Å². The lowest BCUT2D eigenvalue weighted by Crippen LogP contribution is -2.30. The average Bonchev–Trinajstić information content (AvgIpc) is 3.46. The maximum absolute atomic E-state index is 12.9. The molecule has 0 amide bonds. The van der Waals surface area contributed by atoms with Crippen LogP contribution >= 0.6 is 0 Å². The van der Waals surface area contributed by atoms with Gasteiger partial charge in [-0.05, 0) is 141 Å². The first-order valence-corrected chi connectivity index (χ1v) is 32.5. The van der Waals surface area contributed by atoms with Gasteiger partial charge in [-0.1, -0.05) is 269 Å². The van der Waals surface area contributed by atoms with Crippen LogP contribution in [0.25, 0.3) is 0 Å². The summed E-state index contributed by atoms with van der Waals surface area (Å²) in [6, 6.07) is 0. The van der Waals surface area contributed by atoms with Crippen LogP contribution in [0, 0.1) is 0 Å². The van der Waals surface area contributed by atoms with Crippen LogP contribution in [0.1, 0.15) is 271 Å². The summed E-state index contributed by atoms with van der Waals surface area (Å²) in [6.07, 6.45) is 96.9. The van der Waals surface area contributed by atoms with Gasteiger partial charge in [0.1, 0.15) is 13.2 Å². The fourth-order valence-electron chi connectivity index (χ4n) is 8.45. The van der Waals surface area contributed by atoms with Gasteiger partial charge in [-0.25, -0.2) is 0 Å². The Hall–Kier alpha value is -4.97. The number of hydrogen-bond donors (Lipinski definition) is 0. The Labute approximate surface area is 492 Å². The average molecular weight is 1100 g/mol. The van der Waals surface area contributed by atoms with Gasteiger partial charge in [0.2, 0.25) is 0 Å². The Bertz CT molecular complexity index is 1790. The lowest BCUT2D eigenvalue weighted by atomic mass is 10.0. The quantitative estimate of drug-likeness (QED) is 0.0261. The van der Waals surface area contributed by atoms with Crippen LogP contribution in [-0.4, -0.2) is 37.2 Å². The van der Waals surface area contributed by atoms with Crippen molar-refractivity contribution < 1.29 is 28.6 Å². The standard InChI is InChI=1S/C74H118O6/c1-4-7-10-13-16-19-22-24-26-28-30-32-34-36-37-39-40-42-44-46-48-50-52-55-58-61-64-67-73(76)79-70-71(69-78-72(75)66-63-60-57-54-21-18-15-12-9-6-3)80-74(77)68-65-62-59-56-53-51-49-47-45-43-41-38-35-33-31-29-27-25-23-20-17-14-11-8-5-2/h7-8,10-12,15-17,19-20,24-27,30-33,36-38,41,45,47,51,53,71H,4-6,9,13-14,18,21-23,28-29,34-35,39-40,42-44,46,48-50,52,54-70H2,1-3H3/b10-7-,11-8-,15-12-,19-16-,20-17-,26-24-,27-25-,32-30-,33-31-,37-36-,41-38-,47-45-,53-51-. The molecule has 0 aliphatic carbocycles. The van der Waals surface area contributed by atoms with Crippen molar-refractivity contribution in [1.82, 2.24) is 0 Å². The van der Waals surface area contributed by atoms with Gasteiger partial charge in [0, 0.05) is 19.3 Å². The molecule has 1 unspecified atom stereocenters. The molecule has 0 saturated heterocycles. The second kappa shape index (κ2) is 66.5. The van der Waals surface area contributed by atoms with Crippen molar-refractivity contribution >= 4 is 17.9 Å². The number of carbonyl (C=O) groups excluding carboxylic acids is 3. The molecule has 0 bridgehead atoms. The number of esters is 3. The minimum absolute atomic E-state index is 0.102. The molecule has 0 heterocycles. The summed E-state index contributed by atoms with van der Waals surface area (Å²) < 4.78 is 16.9. The van der Waals surface area contributed by atoms with Crippen molar-refractivity contribution in [3.63, 3.8) is 0 Å². The first-order valence-electron chi connectivity index (χ1n) is 32.5. The van der Waals surface area contributed by atoms with Crippen molar-refractivity contribution in [3.8, 4) is 0 Å². The van der Waals surface area contributed by atoms with Gasteiger partial charge in [0.25, 0.3) is 0 Å². The molecule has 0 aliphatic rings. The van der Waals surface area contributed by atoms with Crippen LogP contribution in [0.3, 0.4) is 0 Å². The summed E-state index contributed by atoms with van der Waals surface area (Å²) >= 11 is 0. The minimum Gasteiger partial charge on any atom is -0.462 e. The third-order valence-corrected chi connectivity index (χ3v) is 13.2. The highest BCUT2D eigenvalue weighted by atomic mass is 16.6. The zero-order valence-corrected chi connectivity index (χ0v) is 51.5. The molecular formula is C74H118O6. The number of hydrogen-bond acceptors (Lipinski definition) is 6. The van der Waals surface area contributed by atoms with Gasteiger partial charge in [-0.3, -0.25) is 14.4 Å². The van der Waals surface area contributed by atoms with Gasteiger partial charge < -0.3 is 14.2 Å². The summed E-state index contributed by atoms with van der Waals surface area (Å²) in [5, 5.41) is 0. The molecule has 0 aromatic rings. The van der Waals surface area contributed by atoms with Crippen LogP contribution in [-0.2, 0) is 28.6 Å². The predicted molar refractivity (Wildman–Crippen MR) is 348 cm³/mol. The van der Waals surface area contributed by atoms with E-state index >= 15 is 0 Å². The Morgan fingerprint density at radius 3 is 0.787 bits per heavy atom. The second-order valence-electron chi connectivity index (χ2n) is 20.9. The summed E-state index contributed by atoms with van der Waals surface area (Å²) in [4.78, 5) is 38.3. The zero-order valence-electron chi connectivity index (χ0n) is 51.5. The Morgan fingerprint density at radius 2 is 0.487 bits per heavy atom. The molecule has 0 aromatic carbocycles. The van der Waals surface area contributed by atoms with Gasteiger partial charge in [-0.15, -0.1) is 0 Å². The Kier molecular flexibility index (Phi) is 62.4. The summed E-state index contributed by atoms with van der Waals surface area (Å²) in [5.74, 6) is -0.952. The van der Waals surface area contributed by atoms with Crippen LogP contribution in [0.2, 0.25) is 0 Å². The van der Waals surface area contributed by atoms with E-state index in [1.807, 2.05) is 0 Å². The van der Waals surface area contributed by atoms with Gasteiger partial charge in [-0.2, -0.15) is 0 Å². The monoisotopic (exact) mass is 1100 g/mol. The van der Waals surface area contributed by atoms with Crippen molar-refractivity contribution in [1.29, 1.82) is 0 Å². The molecule has 0 rings (SSSR count). The molecule has 1 atom stereocenters. The zero-order chi connectivity index (χ0) is 57.8. The second-order valence-corrected chi connectivity index (χ2v) is 20.9. The Morgan fingerprint density at radius 1 is 0.263 bits per heavy atom. The van der Waals surface area contributed by atoms with E-state index < -0.39 is 6.10 Å². The molecule has 0 aromatic heterocycles. The Balaban J connectivity index is 4.35. The van der Waals surface area contributed by atoms with Gasteiger partial charge in [0.15, 0.2) is 6.10 Å². The molecule has 0 N–H and O–H groups in total. The third kappa shape index (κ3) is 63.9. The van der Waals surface area contributed by atoms with E-state index in [1.165, 1.54) is 70.6 Å². The van der Waals surface area contributed by atoms with Gasteiger partial charge in [0.05, 0.1) is 0 Å². The smallest absolute Gasteiger partial charge is 0.306 e. The number of rotatable bonds is 57. The molecule has 0 saturated carbocycles. The fourth-order valence-corrected chi connectivity index (χ4v) is 8.45. The van der Waals surface area contributed by atoms with Gasteiger partial charge >= 0.3 is 17.9 Å². The van der Waals surface area contributed by atoms with Crippen LogP contribution in [0.15, 0.2) is 158 Å². The van der Waals surface area contributed by atoms with E-state index in [9.17, 15) is 14.4 Å². The van der Waals surface area contributed by atoms with Crippen molar-refractivity contribution in [2.45, 2.75) is 277 Å². The van der Waals surface area contributed by atoms with Crippen LogP contribution < -0.4 is 0 Å². The lowest BCUT2D eigenvalue weighted by Gasteiger charge is -2.18. The molecule has 6 heteroatoms. The van der Waals surface area contributed by atoms with Crippen molar-refractivity contribution in [3.05, 3.63) is 158 Å². The van der Waals surface area contributed by atoms with E-state index in [2.05, 4.69) is 179 Å². The molecule has 0 spiro atoms. The molecule has 450 valence electrons. The van der Waals surface area contributed by atoms with Crippen LogP contribution in [0.4, 0.5) is 0 Å². The SMILES string of the molecule is CC/C=C\C/C=C\C/C=C\C/C=C\C/C=C\C/C=C\C/C=C\CCCCCC(=O)OC(COC(=O)CCCCCCC/C=C\CCC)COC(=O)CCCCCCCCCCCCC/C=C\C/C=C\C/C=C\C/C=C\C/C=C\CC. The topological polar surface area (TPSA) is 78.9 Å². The highest BCUT2D eigenvalue weighted by Crippen LogP contribution is 2.15. The molecule has 6 nitrogen and oxygen atoms in total. The number of allylic oxidation sites excluding steroid dienone is 26. The summed E-state index contributed by atoms with van der Waals surface area (Å²) in [6.45, 7) is 6.31. The molecule has 0 radical (unpaired) electrons. The predicted octanol–water partition coefficient (Wildman–Crippen LogP) is 22.5. The number of carbonyl (C=O) groups is 3. The summed E-state index contributed by atoms with van der Waals surface area (Å²) in [7, 11) is 0. The largest absolute Gasteiger partial charge is 0.462 e. The van der Waals surface area contributed by atoms with E-state index in [0.29, 0.717) is 19.3 Å². The maximum atomic E-state index is 12.9. The molecule has 80 heavy (non-hydrogen) atoms. The normalized spacial score (nSPS) is 13.2. The van der Waals surface area contributed by atoms with Crippen molar-refractivity contribution in [2.24, 2.45) is 0 Å². The lowest BCUT2D eigenvalue weighted by molar-refractivity contribution is -0.167. The summed E-state index contributed by atoms with van der Waals surface area (Å²) in [5.41, 5.74) is 0. The first-order chi connectivity index (χ1) is 39.5. The number of unbranched alkanes of at least 4 members (excludes halogenated alkanes) is 20. The maximum Gasteiger partial charge on any atom is 0.306 e. The minimum atomic E-state index is -0.808. The van der Waals surface area contributed by atoms with E-state index in [-0.39, 0.29) is 37.5 Å². The van der Waals surface area contributed by atoms with E-state index in [1.54, 1.807) is 0 Å². The van der Waals surface area contributed by atoms with Crippen molar-refractivity contribution in [2.75, 3.05) is 13.2 Å². The third-order valence-electron chi connectivity index (χ3n) is 13.2. The van der Waals surface area contributed by atoms with E-state index in [0.717, 1.165) is 154 Å². The number of ether oxygens (including phenoxy) is 3.